The summed E-state index contributed by atoms with van der Waals surface area (Å²) in [6.45, 7) is 2.09. The number of phenols is 1. The van der Waals surface area contributed by atoms with E-state index in [9.17, 15) is 15.2 Å². The molecule has 23 heavy (non-hydrogen) atoms. The van der Waals surface area contributed by atoms with Gasteiger partial charge in [0.05, 0.1) is 23.3 Å². The Bertz CT molecular complexity index is 918. The maximum atomic E-state index is 11.7. The normalized spacial score (nSPS) is 10.4. The summed E-state index contributed by atoms with van der Waals surface area (Å²) in [4.78, 5) is 11.7. The first-order chi connectivity index (χ1) is 11.1. The molecular weight excluding hydrogens is 292 g/mol. The number of nitriles is 1. The van der Waals surface area contributed by atoms with Crippen LogP contribution in [0.25, 0.3) is 16.6 Å². The fourth-order valence-corrected chi connectivity index (χ4v) is 2.49. The zero-order valence-corrected chi connectivity index (χ0v) is 12.5. The van der Waals surface area contributed by atoms with Crippen LogP contribution in [0.5, 0.6) is 5.75 Å². The molecule has 0 aliphatic heterocycles. The van der Waals surface area contributed by atoms with Gasteiger partial charge in [0, 0.05) is 17.3 Å². The Balaban J connectivity index is 2.07. The second-order valence-corrected chi connectivity index (χ2v) is 4.99. The summed E-state index contributed by atoms with van der Waals surface area (Å²) in [6, 6.07) is 14.0. The van der Waals surface area contributed by atoms with E-state index in [-0.39, 0.29) is 11.7 Å². The molecule has 0 spiro atoms. The van der Waals surface area contributed by atoms with Crippen LogP contribution in [0.15, 0.2) is 48.7 Å². The van der Waals surface area contributed by atoms with Gasteiger partial charge >= 0.3 is 5.97 Å². The van der Waals surface area contributed by atoms with Gasteiger partial charge in [-0.1, -0.05) is 0 Å². The number of esters is 1. The topological polar surface area (TPSA) is 75.2 Å². The molecule has 0 saturated heterocycles. The van der Waals surface area contributed by atoms with E-state index in [0.29, 0.717) is 23.1 Å². The van der Waals surface area contributed by atoms with E-state index >= 15 is 0 Å². The van der Waals surface area contributed by atoms with Crippen molar-refractivity contribution in [3.8, 4) is 17.5 Å². The summed E-state index contributed by atoms with van der Waals surface area (Å²) < 4.78 is 6.81. The van der Waals surface area contributed by atoms with Crippen LogP contribution in [-0.4, -0.2) is 22.2 Å². The van der Waals surface area contributed by atoms with Crippen LogP contribution < -0.4 is 0 Å². The van der Waals surface area contributed by atoms with Gasteiger partial charge in [0.1, 0.15) is 11.8 Å². The van der Waals surface area contributed by atoms with E-state index in [4.69, 9.17) is 4.74 Å². The summed E-state index contributed by atoms with van der Waals surface area (Å²) in [5.41, 5.74) is 2.58. The summed E-state index contributed by atoms with van der Waals surface area (Å²) in [6.07, 6.45) is 1.71. The fourth-order valence-electron chi connectivity index (χ4n) is 2.49. The third-order valence-electron chi connectivity index (χ3n) is 3.57. The van der Waals surface area contributed by atoms with Crippen molar-refractivity contribution in [3.63, 3.8) is 0 Å². The smallest absolute Gasteiger partial charge is 0.338 e. The number of ether oxygens (including phenoxy) is 1. The summed E-state index contributed by atoms with van der Waals surface area (Å²) in [5.74, 6) is -0.247. The molecule has 2 aromatic carbocycles. The summed E-state index contributed by atoms with van der Waals surface area (Å²) in [7, 11) is 0. The van der Waals surface area contributed by atoms with E-state index < -0.39 is 0 Å². The van der Waals surface area contributed by atoms with Gasteiger partial charge in [-0.05, 0) is 49.4 Å². The van der Waals surface area contributed by atoms with Gasteiger partial charge in [-0.3, -0.25) is 0 Å². The molecule has 5 nitrogen and oxygen atoms in total. The van der Waals surface area contributed by atoms with Gasteiger partial charge in [0.15, 0.2) is 0 Å². The minimum absolute atomic E-state index is 0.115. The molecular formula is C18H14N2O3. The van der Waals surface area contributed by atoms with Crippen molar-refractivity contribution in [2.24, 2.45) is 0 Å². The number of carbonyl (C=O) groups excluding carboxylic acids is 1. The zero-order valence-electron chi connectivity index (χ0n) is 12.5. The van der Waals surface area contributed by atoms with Crippen molar-refractivity contribution < 1.29 is 14.6 Å². The lowest BCUT2D eigenvalue weighted by Crippen LogP contribution is -2.04. The second-order valence-electron chi connectivity index (χ2n) is 4.99. The average Bonchev–Trinajstić information content (AvgIpc) is 2.93. The van der Waals surface area contributed by atoms with Crippen molar-refractivity contribution in [1.82, 2.24) is 4.57 Å². The van der Waals surface area contributed by atoms with Gasteiger partial charge in [-0.25, -0.2) is 4.79 Å². The number of aromatic nitrogens is 1. The van der Waals surface area contributed by atoms with Gasteiger partial charge < -0.3 is 14.4 Å². The predicted octanol–water partition coefficient (Wildman–Crippen LogP) is 3.38. The highest BCUT2D eigenvalue weighted by molar-refractivity contribution is 5.91. The molecule has 5 heteroatoms. The molecule has 0 bridgehead atoms. The number of nitrogens with zero attached hydrogens (tertiary/aromatic N) is 2. The maximum Gasteiger partial charge on any atom is 0.338 e. The Hall–Kier alpha value is -3.26. The molecule has 3 rings (SSSR count). The Morgan fingerprint density at radius 3 is 2.65 bits per heavy atom. The minimum Gasteiger partial charge on any atom is -0.508 e. The number of fused-ring (bicyclic) bond motifs is 1. The minimum atomic E-state index is -0.362. The molecule has 0 amide bonds. The molecule has 1 N–H and O–H groups in total. The highest BCUT2D eigenvalue weighted by Crippen LogP contribution is 2.27. The summed E-state index contributed by atoms with van der Waals surface area (Å²) in [5, 5.41) is 19.5. The highest BCUT2D eigenvalue weighted by Gasteiger charge is 2.11. The number of rotatable bonds is 3. The Morgan fingerprint density at radius 1 is 1.26 bits per heavy atom. The first-order valence-electron chi connectivity index (χ1n) is 7.15. The van der Waals surface area contributed by atoms with Crippen molar-refractivity contribution in [3.05, 3.63) is 59.8 Å². The SMILES string of the molecule is CCOC(=O)c1ccc(-n2cc(C#N)c3cc(O)ccc32)cc1. The third kappa shape index (κ3) is 2.62. The van der Waals surface area contributed by atoms with Crippen molar-refractivity contribution in [1.29, 1.82) is 5.26 Å². The molecule has 1 heterocycles. The van der Waals surface area contributed by atoms with Crippen molar-refractivity contribution in [2.45, 2.75) is 6.92 Å². The molecule has 114 valence electrons. The second kappa shape index (κ2) is 5.85. The lowest BCUT2D eigenvalue weighted by atomic mass is 10.2. The number of carbonyl (C=O) groups is 1. The van der Waals surface area contributed by atoms with Crippen LogP contribution in [0, 0.1) is 11.3 Å². The number of aromatic hydroxyl groups is 1. The fraction of sp³-hybridized carbons (Fsp3) is 0.111. The van der Waals surface area contributed by atoms with Gasteiger partial charge in [0.2, 0.25) is 0 Å². The van der Waals surface area contributed by atoms with E-state index in [1.807, 2.05) is 4.57 Å². The molecule has 0 unspecified atom stereocenters. The van der Waals surface area contributed by atoms with Crippen LogP contribution in [0.2, 0.25) is 0 Å². The average molecular weight is 306 g/mol. The monoisotopic (exact) mass is 306 g/mol. The Morgan fingerprint density at radius 2 is 2.00 bits per heavy atom. The summed E-state index contributed by atoms with van der Waals surface area (Å²) >= 11 is 0. The molecule has 0 aliphatic rings. The predicted molar refractivity (Wildman–Crippen MR) is 85.6 cm³/mol. The van der Waals surface area contributed by atoms with E-state index in [1.165, 1.54) is 0 Å². The van der Waals surface area contributed by atoms with Crippen molar-refractivity contribution >= 4 is 16.9 Å². The number of phenolic OH excluding ortho intramolecular Hbond substituents is 1. The molecule has 0 atom stereocenters. The van der Waals surface area contributed by atoms with Crippen LogP contribution in [0.3, 0.4) is 0 Å². The van der Waals surface area contributed by atoms with Crippen LogP contribution >= 0.6 is 0 Å². The van der Waals surface area contributed by atoms with E-state index in [2.05, 4.69) is 6.07 Å². The van der Waals surface area contributed by atoms with Crippen LogP contribution in [-0.2, 0) is 4.74 Å². The molecule has 0 saturated carbocycles. The quantitative estimate of drug-likeness (QED) is 0.753. The zero-order chi connectivity index (χ0) is 16.4. The van der Waals surface area contributed by atoms with Crippen LogP contribution in [0.4, 0.5) is 0 Å². The molecule has 1 aromatic heterocycles. The maximum absolute atomic E-state index is 11.7. The molecule has 0 aliphatic carbocycles. The number of hydrogen-bond acceptors (Lipinski definition) is 4. The molecule has 3 aromatic rings. The lowest BCUT2D eigenvalue weighted by molar-refractivity contribution is 0.0526. The first-order valence-corrected chi connectivity index (χ1v) is 7.15. The van der Waals surface area contributed by atoms with Crippen LogP contribution in [0.1, 0.15) is 22.8 Å². The molecule has 0 radical (unpaired) electrons. The standard InChI is InChI=1S/C18H14N2O3/c1-2-23-18(22)12-3-5-14(6-4-12)20-11-13(10-19)16-9-15(21)7-8-17(16)20/h3-9,11,21H,2H2,1H3. The largest absolute Gasteiger partial charge is 0.508 e. The third-order valence-corrected chi connectivity index (χ3v) is 3.57. The number of benzene rings is 2. The Labute approximate surface area is 133 Å². The van der Waals surface area contributed by atoms with E-state index in [0.717, 1.165) is 11.2 Å². The van der Waals surface area contributed by atoms with Gasteiger partial charge in [0.25, 0.3) is 0 Å². The number of hydrogen-bond donors (Lipinski definition) is 1. The molecule has 0 fully saturated rings. The van der Waals surface area contributed by atoms with Gasteiger partial charge in [-0.2, -0.15) is 5.26 Å². The Kier molecular flexibility index (Phi) is 3.73. The lowest BCUT2D eigenvalue weighted by Gasteiger charge is -2.07. The van der Waals surface area contributed by atoms with Crippen molar-refractivity contribution in [2.75, 3.05) is 6.61 Å². The first kappa shape index (κ1) is 14.7. The van der Waals surface area contributed by atoms with E-state index in [1.54, 1.807) is 55.6 Å². The highest BCUT2D eigenvalue weighted by atomic mass is 16.5. The van der Waals surface area contributed by atoms with Gasteiger partial charge in [-0.15, -0.1) is 0 Å².